The Hall–Kier alpha value is -1.29. The van der Waals surface area contributed by atoms with Crippen LogP contribution in [0.2, 0.25) is 0 Å². The van der Waals surface area contributed by atoms with Gasteiger partial charge in [-0.25, -0.2) is 0 Å². The quantitative estimate of drug-likeness (QED) is 0.830. The Balaban J connectivity index is 2.17. The molecule has 16 heavy (non-hydrogen) atoms. The zero-order chi connectivity index (χ0) is 11.1. The summed E-state index contributed by atoms with van der Waals surface area (Å²) in [5.74, 6) is 0. The lowest BCUT2D eigenvalue weighted by Crippen LogP contribution is -2.02. The van der Waals surface area contributed by atoms with E-state index in [1.54, 1.807) is 6.20 Å². The average Bonchev–Trinajstić information content (AvgIpc) is 3.06. The molecule has 0 radical (unpaired) electrons. The molecule has 3 nitrogen and oxygen atoms in total. The largest absolute Gasteiger partial charge is 0.398 e. The minimum Gasteiger partial charge on any atom is -0.398 e. The molecule has 0 saturated heterocycles. The number of nitrogens with zero attached hydrogens (tertiary/aromatic N) is 1. The molecule has 0 amide bonds. The molecular weight excluding hydrogens is 266 g/mol. The number of benzene rings is 1. The van der Waals surface area contributed by atoms with E-state index in [1.165, 1.54) is 12.8 Å². The first-order chi connectivity index (χ1) is 7.74. The Morgan fingerprint density at radius 1 is 1.38 bits per heavy atom. The van der Waals surface area contributed by atoms with Gasteiger partial charge in [0.15, 0.2) is 0 Å². The van der Waals surface area contributed by atoms with Crippen molar-refractivity contribution in [3.63, 3.8) is 0 Å². The van der Waals surface area contributed by atoms with Crippen molar-refractivity contribution in [1.82, 2.24) is 4.98 Å². The van der Waals surface area contributed by atoms with E-state index in [9.17, 15) is 0 Å². The molecule has 0 atom stereocenters. The SMILES string of the molecule is Nc1ccc(NC2CC2)c2ncc(Br)cc12. The van der Waals surface area contributed by atoms with E-state index >= 15 is 0 Å². The Bertz CT molecular complexity index is 549. The molecular formula is C12H12BrN3. The van der Waals surface area contributed by atoms with Gasteiger partial charge in [-0.15, -0.1) is 0 Å². The number of rotatable bonds is 2. The van der Waals surface area contributed by atoms with Crippen LogP contribution in [0.5, 0.6) is 0 Å². The van der Waals surface area contributed by atoms with Crippen LogP contribution >= 0.6 is 15.9 Å². The van der Waals surface area contributed by atoms with E-state index < -0.39 is 0 Å². The van der Waals surface area contributed by atoms with Crippen LogP contribution in [0.3, 0.4) is 0 Å². The minimum absolute atomic E-state index is 0.622. The molecule has 0 unspecified atom stereocenters. The predicted molar refractivity (Wildman–Crippen MR) is 70.5 cm³/mol. The van der Waals surface area contributed by atoms with Crippen molar-refractivity contribution in [1.29, 1.82) is 0 Å². The predicted octanol–water partition coefficient (Wildman–Crippen LogP) is 3.15. The summed E-state index contributed by atoms with van der Waals surface area (Å²) in [5, 5.41) is 4.47. The maximum Gasteiger partial charge on any atom is 0.0954 e. The highest BCUT2D eigenvalue weighted by Crippen LogP contribution is 2.32. The summed E-state index contributed by atoms with van der Waals surface area (Å²) in [6.45, 7) is 0. The summed E-state index contributed by atoms with van der Waals surface area (Å²) in [6, 6.07) is 6.57. The van der Waals surface area contributed by atoms with Gasteiger partial charge >= 0.3 is 0 Å². The van der Waals surface area contributed by atoms with Crippen molar-refractivity contribution in [3.8, 4) is 0 Å². The van der Waals surface area contributed by atoms with Crippen molar-refractivity contribution in [2.75, 3.05) is 11.1 Å². The number of fused-ring (bicyclic) bond motifs is 1. The third-order valence-electron chi connectivity index (χ3n) is 2.79. The molecule has 3 rings (SSSR count). The second kappa shape index (κ2) is 3.63. The molecule has 0 aliphatic heterocycles. The first-order valence-electron chi connectivity index (χ1n) is 5.34. The molecule has 82 valence electrons. The zero-order valence-corrected chi connectivity index (χ0v) is 10.3. The van der Waals surface area contributed by atoms with E-state index in [-0.39, 0.29) is 0 Å². The minimum atomic E-state index is 0.622. The van der Waals surface area contributed by atoms with Crippen LogP contribution < -0.4 is 11.1 Å². The smallest absolute Gasteiger partial charge is 0.0954 e. The molecule has 1 fully saturated rings. The second-order valence-corrected chi connectivity index (χ2v) is 5.09. The molecule has 0 bridgehead atoms. The summed E-state index contributed by atoms with van der Waals surface area (Å²) >= 11 is 3.42. The van der Waals surface area contributed by atoms with Crippen LogP contribution in [0.15, 0.2) is 28.9 Å². The summed E-state index contributed by atoms with van der Waals surface area (Å²) in [7, 11) is 0. The fourth-order valence-electron chi connectivity index (χ4n) is 1.78. The van der Waals surface area contributed by atoms with E-state index in [4.69, 9.17) is 5.73 Å². The van der Waals surface area contributed by atoms with Crippen molar-refractivity contribution >= 4 is 38.2 Å². The number of pyridine rings is 1. The summed E-state index contributed by atoms with van der Waals surface area (Å²) in [5.41, 5.74) is 8.76. The Kier molecular flexibility index (Phi) is 2.24. The molecule has 1 aliphatic carbocycles. The van der Waals surface area contributed by atoms with E-state index in [1.807, 2.05) is 18.2 Å². The lowest BCUT2D eigenvalue weighted by atomic mass is 10.1. The van der Waals surface area contributed by atoms with Crippen LogP contribution in [0.25, 0.3) is 10.9 Å². The molecule has 1 aliphatic rings. The maximum atomic E-state index is 5.95. The van der Waals surface area contributed by atoms with Gasteiger partial charge in [0.25, 0.3) is 0 Å². The third kappa shape index (κ3) is 1.73. The molecule has 1 aromatic heterocycles. The normalized spacial score (nSPS) is 15.3. The molecule has 1 heterocycles. The zero-order valence-electron chi connectivity index (χ0n) is 8.70. The van der Waals surface area contributed by atoms with Gasteiger partial charge in [0.2, 0.25) is 0 Å². The van der Waals surface area contributed by atoms with E-state index in [0.29, 0.717) is 6.04 Å². The fourth-order valence-corrected chi connectivity index (χ4v) is 2.11. The summed E-state index contributed by atoms with van der Waals surface area (Å²) in [4.78, 5) is 4.43. The van der Waals surface area contributed by atoms with Gasteiger partial charge in [-0.2, -0.15) is 0 Å². The number of nitrogens with one attached hydrogen (secondary N) is 1. The number of nitrogen functional groups attached to an aromatic ring is 1. The van der Waals surface area contributed by atoms with Crippen LogP contribution in [-0.4, -0.2) is 11.0 Å². The van der Waals surface area contributed by atoms with Gasteiger partial charge in [-0.3, -0.25) is 4.98 Å². The number of halogens is 1. The van der Waals surface area contributed by atoms with Crippen LogP contribution in [0.1, 0.15) is 12.8 Å². The van der Waals surface area contributed by atoms with Crippen LogP contribution in [0, 0.1) is 0 Å². The molecule has 3 N–H and O–H groups in total. The summed E-state index contributed by atoms with van der Waals surface area (Å²) < 4.78 is 0.954. The highest BCUT2D eigenvalue weighted by molar-refractivity contribution is 9.10. The van der Waals surface area contributed by atoms with Gasteiger partial charge in [-0.1, -0.05) is 0 Å². The van der Waals surface area contributed by atoms with Crippen LogP contribution in [0.4, 0.5) is 11.4 Å². The van der Waals surface area contributed by atoms with Gasteiger partial charge in [0.1, 0.15) is 0 Å². The number of anilines is 2. The number of hydrogen-bond donors (Lipinski definition) is 2. The molecule has 2 aromatic rings. The van der Waals surface area contributed by atoms with Crippen molar-refractivity contribution in [2.24, 2.45) is 0 Å². The van der Waals surface area contributed by atoms with Gasteiger partial charge < -0.3 is 11.1 Å². The summed E-state index contributed by atoms with van der Waals surface area (Å²) in [6.07, 6.45) is 4.31. The number of nitrogens with two attached hydrogens (primary N) is 1. The Morgan fingerprint density at radius 3 is 2.94 bits per heavy atom. The van der Waals surface area contributed by atoms with Gasteiger partial charge in [-0.05, 0) is 47.0 Å². The lowest BCUT2D eigenvalue weighted by molar-refractivity contribution is 1.16. The first kappa shape index (κ1) is 9.90. The second-order valence-electron chi connectivity index (χ2n) is 4.17. The lowest BCUT2D eigenvalue weighted by Gasteiger charge is -2.09. The standard InChI is InChI=1S/C12H12BrN3/c13-7-5-9-10(14)3-4-11(12(9)15-6-7)16-8-1-2-8/h3-6,8,16H,1-2,14H2. The third-order valence-corrected chi connectivity index (χ3v) is 3.22. The van der Waals surface area contributed by atoms with Gasteiger partial charge in [0.05, 0.1) is 11.2 Å². The Morgan fingerprint density at radius 2 is 2.19 bits per heavy atom. The van der Waals surface area contributed by atoms with E-state index in [2.05, 4.69) is 26.2 Å². The highest BCUT2D eigenvalue weighted by Gasteiger charge is 2.21. The fraction of sp³-hybridized carbons (Fsp3) is 0.250. The highest BCUT2D eigenvalue weighted by atomic mass is 79.9. The molecule has 1 saturated carbocycles. The Labute approximate surface area is 102 Å². The maximum absolute atomic E-state index is 5.95. The average molecular weight is 278 g/mol. The molecule has 1 aromatic carbocycles. The monoisotopic (exact) mass is 277 g/mol. The van der Waals surface area contributed by atoms with Crippen molar-refractivity contribution < 1.29 is 0 Å². The van der Waals surface area contributed by atoms with Crippen molar-refractivity contribution in [2.45, 2.75) is 18.9 Å². The molecule has 0 spiro atoms. The van der Waals surface area contributed by atoms with Gasteiger partial charge in [0, 0.05) is 27.8 Å². The first-order valence-corrected chi connectivity index (χ1v) is 6.13. The number of aromatic nitrogens is 1. The number of hydrogen-bond acceptors (Lipinski definition) is 3. The molecule has 4 heteroatoms. The van der Waals surface area contributed by atoms with Crippen LogP contribution in [-0.2, 0) is 0 Å². The topological polar surface area (TPSA) is 50.9 Å². The van der Waals surface area contributed by atoms with E-state index in [0.717, 1.165) is 26.8 Å². The van der Waals surface area contributed by atoms with Crippen molar-refractivity contribution in [3.05, 3.63) is 28.9 Å².